The SMILES string of the molecule is C.COc1cc(Br)c(C(=O)O)cc1OC.COc1cc2c(=O)oc3cc(O)ccc3c2cc1OC.O=c1oc2cc(O)ccc2c2cc(O)c(O)cc12.Oc1cccc(O)c1. The van der Waals surface area contributed by atoms with Crippen LogP contribution in [0.1, 0.15) is 17.8 Å². The van der Waals surface area contributed by atoms with Crippen LogP contribution in [0.25, 0.3) is 43.5 Å². The highest BCUT2D eigenvalue weighted by Gasteiger charge is 2.16. The molecule has 0 spiro atoms. The quantitative estimate of drug-likeness (QED) is 0.0484. The third-order valence-corrected chi connectivity index (χ3v) is 9.18. The zero-order valence-corrected chi connectivity index (χ0v) is 33.5. The molecule has 0 aliphatic rings. The monoisotopic (exact) mass is 902 g/mol. The molecule has 0 fully saturated rings. The number of hydrogen-bond acceptors (Lipinski definition) is 15. The highest BCUT2D eigenvalue weighted by atomic mass is 79.9. The van der Waals surface area contributed by atoms with Gasteiger partial charge in [-0.05, 0) is 88.7 Å². The van der Waals surface area contributed by atoms with Crippen LogP contribution in [0, 0.1) is 0 Å². The predicted octanol–water partition coefficient (Wildman–Crippen LogP) is 8.63. The van der Waals surface area contributed by atoms with Crippen molar-refractivity contribution < 1.29 is 68.3 Å². The minimum Gasteiger partial charge on any atom is -0.508 e. The molecule has 8 rings (SSSR count). The van der Waals surface area contributed by atoms with Crippen LogP contribution in [-0.2, 0) is 0 Å². The van der Waals surface area contributed by atoms with Crippen molar-refractivity contribution in [2.24, 2.45) is 0 Å². The molecule has 61 heavy (non-hydrogen) atoms. The maximum Gasteiger partial charge on any atom is 0.344 e. The van der Waals surface area contributed by atoms with Crippen molar-refractivity contribution in [3.8, 4) is 57.5 Å². The average molecular weight is 904 g/mol. The van der Waals surface area contributed by atoms with E-state index in [9.17, 15) is 34.8 Å². The molecule has 0 atom stereocenters. The Kier molecular flexibility index (Phi) is 14.9. The molecule has 6 aromatic carbocycles. The molecule has 0 radical (unpaired) electrons. The summed E-state index contributed by atoms with van der Waals surface area (Å²) in [4.78, 5) is 34.5. The van der Waals surface area contributed by atoms with Crippen molar-refractivity contribution in [1.82, 2.24) is 0 Å². The molecule has 0 bridgehead atoms. The van der Waals surface area contributed by atoms with E-state index in [1.807, 2.05) is 0 Å². The number of ether oxygens (including phenoxy) is 4. The fourth-order valence-electron chi connectivity index (χ4n) is 5.70. The summed E-state index contributed by atoms with van der Waals surface area (Å²) in [5.41, 5.74) is -0.438. The normalized spacial score (nSPS) is 10.2. The van der Waals surface area contributed by atoms with Crippen LogP contribution in [0.2, 0.25) is 0 Å². The average Bonchev–Trinajstić information content (AvgIpc) is 3.21. The van der Waals surface area contributed by atoms with E-state index in [1.165, 1.54) is 77.0 Å². The molecule has 2 aromatic heterocycles. The summed E-state index contributed by atoms with van der Waals surface area (Å²) in [5, 5.41) is 66.8. The maximum absolute atomic E-state index is 12.0. The lowest BCUT2D eigenvalue weighted by Gasteiger charge is -2.10. The lowest BCUT2D eigenvalue weighted by molar-refractivity contribution is 0.0695. The van der Waals surface area contributed by atoms with Gasteiger partial charge in [0.25, 0.3) is 0 Å². The van der Waals surface area contributed by atoms with Crippen molar-refractivity contribution in [1.29, 1.82) is 0 Å². The second-order valence-corrected chi connectivity index (χ2v) is 13.1. The van der Waals surface area contributed by atoms with Crippen molar-refractivity contribution in [3.63, 3.8) is 0 Å². The Labute approximate surface area is 354 Å². The van der Waals surface area contributed by atoms with E-state index in [0.29, 0.717) is 54.6 Å². The smallest absolute Gasteiger partial charge is 0.344 e. The van der Waals surface area contributed by atoms with Crippen molar-refractivity contribution in [2.75, 3.05) is 28.4 Å². The van der Waals surface area contributed by atoms with Crippen molar-refractivity contribution in [2.45, 2.75) is 7.43 Å². The lowest BCUT2D eigenvalue weighted by atomic mass is 10.1. The number of aromatic hydroxyl groups is 6. The summed E-state index contributed by atoms with van der Waals surface area (Å²) in [7, 11) is 5.98. The molecular formula is C44H39BrO16. The Morgan fingerprint density at radius 1 is 0.492 bits per heavy atom. The van der Waals surface area contributed by atoms with Crippen LogP contribution < -0.4 is 30.2 Å². The number of carboxylic acid groups (broad SMARTS) is 1. The van der Waals surface area contributed by atoms with Gasteiger partial charge in [0.1, 0.15) is 34.2 Å². The van der Waals surface area contributed by atoms with Crippen LogP contribution >= 0.6 is 15.9 Å². The first-order valence-electron chi connectivity index (χ1n) is 17.1. The van der Waals surface area contributed by atoms with Gasteiger partial charge in [0.05, 0.1) is 44.8 Å². The predicted molar refractivity (Wildman–Crippen MR) is 230 cm³/mol. The number of rotatable bonds is 5. The van der Waals surface area contributed by atoms with Gasteiger partial charge >= 0.3 is 17.2 Å². The van der Waals surface area contributed by atoms with Gasteiger partial charge in [-0.2, -0.15) is 0 Å². The molecule has 0 aliphatic carbocycles. The molecule has 8 aromatic rings. The van der Waals surface area contributed by atoms with E-state index in [0.717, 1.165) is 11.5 Å². The summed E-state index contributed by atoms with van der Waals surface area (Å²) in [6, 6.07) is 23.6. The summed E-state index contributed by atoms with van der Waals surface area (Å²) < 4.78 is 31.1. The zero-order chi connectivity index (χ0) is 43.8. The van der Waals surface area contributed by atoms with Gasteiger partial charge in [0.2, 0.25) is 0 Å². The van der Waals surface area contributed by atoms with E-state index < -0.39 is 17.2 Å². The fraction of sp³-hybridized carbons (Fsp3) is 0.114. The standard InChI is InChI=1S/C15H12O5.C13H8O5.C9H9BrO4.C6H6O2.CH4/c1-18-13-6-10-9-4-3-8(16)5-12(9)20-15(17)11(10)7-14(13)19-2;14-6-1-2-7-8-4-10(15)11(16)5-9(8)13(17)18-12(7)3-6;1-13-7-3-5(9(11)12)6(10)4-8(7)14-2;7-5-2-1-3-6(8)4-5;/h3-7,16H,1-2H3;1-5,14-16H;3-4H,1-2H3,(H,11,12);1-4,7-8H;1H4. The third kappa shape index (κ3) is 10.5. The number of aromatic carboxylic acids is 1. The minimum absolute atomic E-state index is 0. The van der Waals surface area contributed by atoms with Gasteiger partial charge in [-0.15, -0.1) is 0 Å². The van der Waals surface area contributed by atoms with Gasteiger partial charge in [-0.25, -0.2) is 14.4 Å². The van der Waals surface area contributed by atoms with Gasteiger partial charge in [0.15, 0.2) is 34.5 Å². The number of carboxylic acids is 1. The van der Waals surface area contributed by atoms with E-state index >= 15 is 0 Å². The topological polar surface area (TPSA) is 256 Å². The molecule has 2 heterocycles. The first kappa shape index (κ1) is 45.9. The van der Waals surface area contributed by atoms with E-state index in [1.54, 1.807) is 42.5 Å². The molecule has 17 heteroatoms. The molecule has 0 amide bonds. The first-order chi connectivity index (χ1) is 28.6. The number of hydrogen-bond donors (Lipinski definition) is 7. The molecular weight excluding hydrogens is 864 g/mol. The Morgan fingerprint density at radius 2 is 0.869 bits per heavy atom. The van der Waals surface area contributed by atoms with Crippen molar-refractivity contribution in [3.05, 3.63) is 128 Å². The third-order valence-electron chi connectivity index (χ3n) is 8.53. The van der Waals surface area contributed by atoms with E-state index in [2.05, 4.69) is 15.9 Å². The number of phenols is 6. The lowest BCUT2D eigenvalue weighted by Crippen LogP contribution is -2.01. The second kappa shape index (κ2) is 19.8. The number of carbonyl (C=O) groups is 1. The molecule has 0 aliphatic heterocycles. The molecule has 318 valence electrons. The van der Waals surface area contributed by atoms with Gasteiger partial charge < -0.3 is 63.5 Å². The van der Waals surface area contributed by atoms with E-state index in [-0.39, 0.29) is 58.5 Å². The van der Waals surface area contributed by atoms with Gasteiger partial charge in [0, 0.05) is 44.2 Å². The molecule has 0 saturated carbocycles. The Bertz CT molecular complexity index is 2980. The summed E-state index contributed by atoms with van der Waals surface area (Å²) >= 11 is 3.14. The highest BCUT2D eigenvalue weighted by molar-refractivity contribution is 9.10. The number of fused-ring (bicyclic) bond motifs is 6. The van der Waals surface area contributed by atoms with Crippen LogP contribution in [0.15, 0.2) is 120 Å². The summed E-state index contributed by atoms with van der Waals surface area (Å²) in [5.74, 6) is 0.361. The fourth-order valence-corrected chi connectivity index (χ4v) is 6.19. The maximum atomic E-state index is 12.0. The minimum atomic E-state index is -1.02. The molecule has 0 unspecified atom stereocenters. The second-order valence-electron chi connectivity index (χ2n) is 12.3. The summed E-state index contributed by atoms with van der Waals surface area (Å²) in [6.45, 7) is 0. The molecule has 7 N–H and O–H groups in total. The van der Waals surface area contributed by atoms with Crippen LogP contribution in [-0.4, -0.2) is 70.2 Å². The Balaban J connectivity index is 0.000000186. The number of methoxy groups -OCH3 is 4. The van der Waals surface area contributed by atoms with Gasteiger partial charge in [-0.3, -0.25) is 0 Å². The Morgan fingerprint density at radius 3 is 1.30 bits per heavy atom. The van der Waals surface area contributed by atoms with Crippen LogP contribution in [0.4, 0.5) is 0 Å². The van der Waals surface area contributed by atoms with E-state index in [4.69, 9.17) is 43.1 Å². The Hall–Kier alpha value is -7.79. The highest BCUT2D eigenvalue weighted by Crippen LogP contribution is 2.36. The van der Waals surface area contributed by atoms with Crippen LogP contribution in [0.5, 0.6) is 57.5 Å². The van der Waals surface area contributed by atoms with Crippen LogP contribution in [0.3, 0.4) is 0 Å². The number of benzene rings is 6. The zero-order valence-electron chi connectivity index (χ0n) is 31.9. The summed E-state index contributed by atoms with van der Waals surface area (Å²) in [6.07, 6.45) is 0. The number of halogens is 1. The molecule has 0 saturated heterocycles. The van der Waals surface area contributed by atoms with Gasteiger partial charge in [-0.1, -0.05) is 13.5 Å². The largest absolute Gasteiger partial charge is 0.508 e. The van der Waals surface area contributed by atoms with Crippen molar-refractivity contribution >= 4 is 65.4 Å². The first-order valence-corrected chi connectivity index (χ1v) is 17.9. The number of phenolic OH excluding ortho intramolecular Hbond substituents is 6. The molecule has 16 nitrogen and oxygen atoms in total.